The fraction of sp³-hybridized carbons (Fsp3) is 0.278. The molecular weight excluding hydrogens is 357 g/mol. The van der Waals surface area contributed by atoms with E-state index in [1.807, 2.05) is 13.8 Å². The topological polar surface area (TPSA) is 78.5 Å². The first-order valence-electron chi connectivity index (χ1n) is 7.94. The summed E-state index contributed by atoms with van der Waals surface area (Å²) in [5.41, 5.74) is 2.71. The molecule has 140 valence electrons. The third-order valence-electron chi connectivity index (χ3n) is 3.99. The SMILES string of the molecule is Cc1cc(S(=O)(=O)N(C)C)cc(NCC(=O)Nc2ccc(F)cc2)c1C. The van der Waals surface area contributed by atoms with Gasteiger partial charge in [0, 0.05) is 25.5 Å². The van der Waals surface area contributed by atoms with Crippen LogP contribution in [0.25, 0.3) is 0 Å². The molecule has 0 fully saturated rings. The highest BCUT2D eigenvalue weighted by Crippen LogP contribution is 2.25. The molecule has 2 rings (SSSR count). The summed E-state index contributed by atoms with van der Waals surface area (Å²) in [6.07, 6.45) is 0. The second-order valence-electron chi connectivity index (χ2n) is 6.11. The number of carbonyl (C=O) groups is 1. The van der Waals surface area contributed by atoms with Crippen molar-refractivity contribution in [1.82, 2.24) is 4.31 Å². The zero-order valence-corrected chi connectivity index (χ0v) is 15.9. The van der Waals surface area contributed by atoms with Crippen molar-refractivity contribution in [3.8, 4) is 0 Å². The van der Waals surface area contributed by atoms with Gasteiger partial charge in [0.2, 0.25) is 15.9 Å². The number of nitrogens with one attached hydrogen (secondary N) is 2. The molecule has 0 unspecified atom stereocenters. The van der Waals surface area contributed by atoms with Crippen molar-refractivity contribution in [2.75, 3.05) is 31.3 Å². The number of carbonyl (C=O) groups excluding carboxylic acids is 1. The third-order valence-corrected chi connectivity index (χ3v) is 5.78. The summed E-state index contributed by atoms with van der Waals surface area (Å²) in [6, 6.07) is 8.56. The molecule has 26 heavy (non-hydrogen) atoms. The molecule has 0 saturated heterocycles. The highest BCUT2D eigenvalue weighted by molar-refractivity contribution is 7.89. The van der Waals surface area contributed by atoms with E-state index >= 15 is 0 Å². The molecule has 2 aromatic rings. The Morgan fingerprint density at radius 1 is 1.12 bits per heavy atom. The van der Waals surface area contributed by atoms with Crippen molar-refractivity contribution in [2.45, 2.75) is 18.7 Å². The maximum atomic E-state index is 12.9. The van der Waals surface area contributed by atoms with Crippen LogP contribution in [-0.2, 0) is 14.8 Å². The highest BCUT2D eigenvalue weighted by Gasteiger charge is 2.19. The number of halogens is 1. The van der Waals surface area contributed by atoms with Crippen molar-refractivity contribution in [2.24, 2.45) is 0 Å². The van der Waals surface area contributed by atoms with E-state index in [0.29, 0.717) is 11.4 Å². The van der Waals surface area contributed by atoms with Crippen LogP contribution < -0.4 is 10.6 Å². The van der Waals surface area contributed by atoms with Gasteiger partial charge in [0.25, 0.3) is 0 Å². The molecule has 0 aliphatic carbocycles. The first-order valence-corrected chi connectivity index (χ1v) is 9.38. The average molecular weight is 379 g/mol. The number of sulfonamides is 1. The Bertz CT molecular complexity index is 910. The van der Waals surface area contributed by atoms with Crippen molar-refractivity contribution in [3.05, 3.63) is 53.3 Å². The number of nitrogens with zero attached hydrogens (tertiary/aromatic N) is 1. The number of hydrogen-bond donors (Lipinski definition) is 2. The summed E-state index contributed by atoms with van der Waals surface area (Å²) in [7, 11) is -0.641. The summed E-state index contributed by atoms with van der Waals surface area (Å²) in [5, 5.41) is 5.61. The third kappa shape index (κ3) is 4.59. The summed E-state index contributed by atoms with van der Waals surface area (Å²) in [4.78, 5) is 12.2. The molecule has 0 aliphatic rings. The van der Waals surface area contributed by atoms with E-state index in [2.05, 4.69) is 10.6 Å². The number of anilines is 2. The second kappa shape index (κ2) is 7.84. The molecule has 8 heteroatoms. The van der Waals surface area contributed by atoms with Crippen LogP contribution in [0.5, 0.6) is 0 Å². The lowest BCUT2D eigenvalue weighted by molar-refractivity contribution is -0.114. The Balaban J connectivity index is 2.15. The van der Waals surface area contributed by atoms with Crippen LogP contribution in [0.4, 0.5) is 15.8 Å². The number of hydrogen-bond acceptors (Lipinski definition) is 4. The predicted octanol–water partition coefficient (Wildman–Crippen LogP) is 2.74. The Kier molecular flexibility index (Phi) is 5.99. The van der Waals surface area contributed by atoms with Gasteiger partial charge in [-0.05, 0) is 61.4 Å². The minimum absolute atomic E-state index is 0.0525. The van der Waals surface area contributed by atoms with Crippen LogP contribution in [0, 0.1) is 19.7 Å². The second-order valence-corrected chi connectivity index (χ2v) is 8.26. The van der Waals surface area contributed by atoms with Gasteiger partial charge in [-0.3, -0.25) is 4.79 Å². The number of rotatable bonds is 6. The van der Waals surface area contributed by atoms with Crippen LogP contribution in [-0.4, -0.2) is 39.3 Å². The van der Waals surface area contributed by atoms with Crippen LogP contribution in [0.3, 0.4) is 0 Å². The minimum atomic E-state index is -3.57. The average Bonchev–Trinajstić information content (AvgIpc) is 2.57. The van der Waals surface area contributed by atoms with Gasteiger partial charge in [0.05, 0.1) is 11.4 Å². The normalized spacial score (nSPS) is 11.5. The molecule has 1 amide bonds. The van der Waals surface area contributed by atoms with Gasteiger partial charge in [0.1, 0.15) is 5.82 Å². The van der Waals surface area contributed by atoms with Crippen molar-refractivity contribution >= 4 is 27.3 Å². The van der Waals surface area contributed by atoms with E-state index in [9.17, 15) is 17.6 Å². The number of aryl methyl sites for hydroxylation is 1. The van der Waals surface area contributed by atoms with E-state index in [4.69, 9.17) is 0 Å². The van der Waals surface area contributed by atoms with E-state index in [-0.39, 0.29) is 23.2 Å². The minimum Gasteiger partial charge on any atom is -0.376 e. The van der Waals surface area contributed by atoms with E-state index in [1.165, 1.54) is 44.4 Å². The summed E-state index contributed by atoms with van der Waals surface area (Å²) < 4.78 is 38.7. The van der Waals surface area contributed by atoms with Crippen molar-refractivity contribution in [1.29, 1.82) is 0 Å². The molecule has 0 heterocycles. The molecule has 0 aliphatic heterocycles. The maximum absolute atomic E-state index is 12.9. The summed E-state index contributed by atoms with van der Waals surface area (Å²) >= 11 is 0. The van der Waals surface area contributed by atoms with E-state index in [0.717, 1.165) is 15.4 Å². The van der Waals surface area contributed by atoms with Crippen LogP contribution in [0.2, 0.25) is 0 Å². The first kappa shape index (κ1) is 19.9. The Hall–Kier alpha value is -2.45. The molecule has 0 saturated carbocycles. The lowest BCUT2D eigenvalue weighted by Crippen LogP contribution is -2.24. The summed E-state index contributed by atoms with van der Waals surface area (Å²) in [5.74, 6) is -0.708. The molecule has 0 bridgehead atoms. The molecular formula is C18H22FN3O3S. The van der Waals surface area contributed by atoms with Gasteiger partial charge in [-0.15, -0.1) is 0 Å². The zero-order chi connectivity index (χ0) is 19.5. The van der Waals surface area contributed by atoms with Gasteiger partial charge in [-0.25, -0.2) is 17.1 Å². The Morgan fingerprint density at radius 2 is 1.73 bits per heavy atom. The predicted molar refractivity (Wildman–Crippen MR) is 100 cm³/mol. The van der Waals surface area contributed by atoms with Crippen LogP contribution in [0.15, 0.2) is 41.3 Å². The van der Waals surface area contributed by atoms with Crippen molar-refractivity contribution in [3.63, 3.8) is 0 Å². The number of amides is 1. The van der Waals surface area contributed by atoms with E-state index in [1.54, 1.807) is 6.07 Å². The monoisotopic (exact) mass is 379 g/mol. The molecule has 0 aromatic heterocycles. The van der Waals surface area contributed by atoms with Gasteiger partial charge in [0.15, 0.2) is 0 Å². The first-order chi connectivity index (χ1) is 12.1. The van der Waals surface area contributed by atoms with Crippen LogP contribution in [0.1, 0.15) is 11.1 Å². The van der Waals surface area contributed by atoms with Gasteiger partial charge in [-0.1, -0.05) is 0 Å². The van der Waals surface area contributed by atoms with Crippen molar-refractivity contribution < 1.29 is 17.6 Å². The largest absolute Gasteiger partial charge is 0.376 e. The molecule has 2 N–H and O–H groups in total. The van der Waals surface area contributed by atoms with Gasteiger partial charge >= 0.3 is 0 Å². The summed E-state index contributed by atoms with van der Waals surface area (Å²) in [6.45, 7) is 3.61. The van der Waals surface area contributed by atoms with Gasteiger partial charge < -0.3 is 10.6 Å². The Morgan fingerprint density at radius 3 is 2.31 bits per heavy atom. The fourth-order valence-electron chi connectivity index (χ4n) is 2.28. The van der Waals surface area contributed by atoms with Gasteiger partial charge in [-0.2, -0.15) is 0 Å². The van der Waals surface area contributed by atoms with E-state index < -0.39 is 10.0 Å². The number of benzene rings is 2. The lowest BCUT2D eigenvalue weighted by Gasteiger charge is -2.17. The zero-order valence-electron chi connectivity index (χ0n) is 15.1. The quantitative estimate of drug-likeness (QED) is 0.809. The molecule has 2 aromatic carbocycles. The molecule has 0 radical (unpaired) electrons. The molecule has 0 spiro atoms. The molecule has 0 atom stereocenters. The fourth-order valence-corrected chi connectivity index (χ4v) is 3.30. The standard InChI is InChI=1S/C18H22FN3O3S/c1-12-9-16(26(24,25)22(3)4)10-17(13(12)2)20-11-18(23)21-15-7-5-14(19)6-8-15/h5-10,20H,11H2,1-4H3,(H,21,23). The van der Waals surface area contributed by atoms with Crippen LogP contribution >= 0.6 is 0 Å². The Labute approximate surface area is 153 Å². The lowest BCUT2D eigenvalue weighted by atomic mass is 10.1. The molecule has 6 nitrogen and oxygen atoms in total. The highest BCUT2D eigenvalue weighted by atomic mass is 32.2. The maximum Gasteiger partial charge on any atom is 0.243 e. The smallest absolute Gasteiger partial charge is 0.243 e.